The van der Waals surface area contributed by atoms with Gasteiger partial charge in [-0.15, -0.1) is 11.8 Å². The lowest BCUT2D eigenvalue weighted by molar-refractivity contribution is 0.0691. The maximum Gasteiger partial charge on any atom is 0.340 e. The normalized spacial score (nSPS) is 10.7. The summed E-state index contributed by atoms with van der Waals surface area (Å²) in [7, 11) is 0. The Morgan fingerprint density at radius 3 is 2.55 bits per heavy atom. The minimum Gasteiger partial charge on any atom is -0.478 e. The summed E-state index contributed by atoms with van der Waals surface area (Å²) in [5.41, 5.74) is 1.59. The Morgan fingerprint density at radius 1 is 1.27 bits per heavy atom. The minimum atomic E-state index is -0.973. The van der Waals surface area contributed by atoms with Crippen molar-refractivity contribution in [2.24, 2.45) is 0 Å². The predicted octanol–water partition coefficient (Wildman–Crippen LogP) is 4.80. The first-order valence-corrected chi connectivity index (χ1v) is 8.81. The maximum absolute atomic E-state index is 11.5. The van der Waals surface area contributed by atoms with Gasteiger partial charge in [-0.1, -0.05) is 41.4 Å². The second-order valence-corrected chi connectivity index (χ2v) is 6.83. The number of aryl methyl sites for hydroxylation is 1. The van der Waals surface area contributed by atoms with Crippen molar-refractivity contribution in [2.45, 2.75) is 31.7 Å². The van der Waals surface area contributed by atoms with Crippen LogP contribution in [0.4, 0.5) is 0 Å². The van der Waals surface area contributed by atoms with Crippen molar-refractivity contribution in [3.63, 3.8) is 0 Å². The molecule has 6 heteroatoms. The van der Waals surface area contributed by atoms with Gasteiger partial charge in [-0.25, -0.2) is 14.8 Å². The molecule has 1 aromatic carbocycles. The topological polar surface area (TPSA) is 63.1 Å². The monoisotopic (exact) mass is 380 g/mol. The minimum absolute atomic E-state index is 0.210. The van der Waals surface area contributed by atoms with Gasteiger partial charge in [0.25, 0.3) is 0 Å². The fraction of sp³-hybridized carbons (Fsp3) is 0.312. The van der Waals surface area contributed by atoms with Gasteiger partial charge in [0, 0.05) is 10.0 Å². The van der Waals surface area contributed by atoms with Crippen molar-refractivity contribution in [2.75, 3.05) is 5.75 Å². The van der Waals surface area contributed by atoms with Crippen LogP contribution < -0.4 is 0 Å². The molecule has 0 atom stereocenters. The Bertz CT molecular complexity index is 675. The lowest BCUT2D eigenvalue weighted by atomic mass is 10.2. The molecule has 4 nitrogen and oxygen atoms in total. The average Bonchev–Trinajstić information content (AvgIpc) is 2.47. The number of hydrogen-bond acceptors (Lipinski definition) is 4. The zero-order valence-corrected chi connectivity index (χ0v) is 14.9. The van der Waals surface area contributed by atoms with E-state index in [9.17, 15) is 9.90 Å². The summed E-state index contributed by atoms with van der Waals surface area (Å²) in [4.78, 5) is 20.3. The van der Waals surface area contributed by atoms with Gasteiger partial charge >= 0.3 is 5.97 Å². The smallest absolute Gasteiger partial charge is 0.340 e. The molecule has 0 saturated heterocycles. The highest BCUT2D eigenvalue weighted by molar-refractivity contribution is 9.10. The molecule has 1 aromatic heterocycles. The first-order chi connectivity index (χ1) is 10.5. The average molecular weight is 381 g/mol. The lowest BCUT2D eigenvalue weighted by Crippen LogP contribution is -2.08. The number of aromatic carboxylic acids is 1. The predicted molar refractivity (Wildman–Crippen MR) is 92.5 cm³/mol. The highest BCUT2D eigenvalue weighted by Crippen LogP contribution is 2.27. The lowest BCUT2D eigenvalue weighted by Gasteiger charge is -2.10. The maximum atomic E-state index is 11.5. The highest BCUT2D eigenvalue weighted by atomic mass is 79.9. The van der Waals surface area contributed by atoms with Gasteiger partial charge in [-0.2, -0.15) is 0 Å². The Hall–Kier alpha value is -1.40. The van der Waals surface area contributed by atoms with Crippen LogP contribution in [-0.2, 0) is 0 Å². The van der Waals surface area contributed by atoms with Gasteiger partial charge in [0.15, 0.2) is 5.82 Å². The second kappa shape index (κ2) is 7.74. The molecule has 2 rings (SSSR count). The molecule has 0 unspecified atom stereocenters. The van der Waals surface area contributed by atoms with Gasteiger partial charge in [-0.05, 0) is 31.2 Å². The molecule has 1 heterocycles. The van der Waals surface area contributed by atoms with Gasteiger partial charge in [0.1, 0.15) is 10.6 Å². The van der Waals surface area contributed by atoms with Crippen molar-refractivity contribution in [3.8, 4) is 11.4 Å². The summed E-state index contributed by atoms with van der Waals surface area (Å²) in [6.45, 7) is 3.83. The van der Waals surface area contributed by atoms with Gasteiger partial charge in [0.2, 0.25) is 0 Å². The third-order valence-corrected chi connectivity index (χ3v) is 4.70. The van der Waals surface area contributed by atoms with Crippen LogP contribution in [0.1, 0.15) is 35.8 Å². The number of rotatable bonds is 6. The third kappa shape index (κ3) is 4.08. The van der Waals surface area contributed by atoms with Crippen LogP contribution in [0.5, 0.6) is 0 Å². The van der Waals surface area contributed by atoms with E-state index < -0.39 is 5.97 Å². The molecule has 0 aliphatic carbocycles. The van der Waals surface area contributed by atoms with Crippen LogP contribution in [0.15, 0.2) is 33.8 Å². The summed E-state index contributed by atoms with van der Waals surface area (Å²) in [6.07, 6.45) is 2.10. The van der Waals surface area contributed by atoms with E-state index in [4.69, 9.17) is 0 Å². The standard InChI is InChI=1S/C16H17BrN2O2S/c1-3-4-9-22-15-13(16(20)21)10(2)18-14(19-15)11-5-7-12(17)8-6-11/h5-8H,3-4,9H2,1-2H3,(H,20,21). The molecule has 0 spiro atoms. The van der Waals surface area contributed by atoms with Crippen LogP contribution >= 0.6 is 27.7 Å². The number of nitrogens with zero attached hydrogens (tertiary/aromatic N) is 2. The van der Waals surface area contributed by atoms with E-state index >= 15 is 0 Å². The van der Waals surface area contributed by atoms with E-state index in [1.165, 1.54) is 11.8 Å². The molecule has 1 N–H and O–H groups in total. The number of halogens is 1. The molecule has 116 valence electrons. The molecule has 0 amide bonds. The van der Waals surface area contributed by atoms with Crippen molar-refractivity contribution in [1.29, 1.82) is 0 Å². The number of unbranched alkanes of at least 4 members (excludes halogenated alkanes) is 1. The van der Waals surface area contributed by atoms with Crippen LogP contribution in [0.2, 0.25) is 0 Å². The molecular weight excluding hydrogens is 364 g/mol. The molecular formula is C16H17BrN2O2S. The zero-order chi connectivity index (χ0) is 16.1. The molecule has 0 saturated carbocycles. The number of thioether (sulfide) groups is 1. The molecule has 0 aliphatic rings. The number of carbonyl (C=O) groups is 1. The Morgan fingerprint density at radius 2 is 1.95 bits per heavy atom. The van der Waals surface area contributed by atoms with Crippen molar-refractivity contribution in [1.82, 2.24) is 9.97 Å². The summed E-state index contributed by atoms with van der Waals surface area (Å²) in [5, 5.41) is 9.95. The number of aromatic nitrogens is 2. The Labute approximate surface area is 142 Å². The van der Waals surface area contributed by atoms with Crippen LogP contribution in [0.3, 0.4) is 0 Å². The molecule has 0 fully saturated rings. The molecule has 0 aliphatic heterocycles. The first-order valence-electron chi connectivity index (χ1n) is 7.03. The second-order valence-electron chi connectivity index (χ2n) is 4.83. The Balaban J connectivity index is 2.44. The zero-order valence-electron chi connectivity index (χ0n) is 12.5. The molecule has 0 bridgehead atoms. The number of hydrogen-bond donors (Lipinski definition) is 1. The third-order valence-electron chi connectivity index (χ3n) is 3.11. The fourth-order valence-corrected chi connectivity index (χ4v) is 3.36. The van der Waals surface area contributed by atoms with Crippen LogP contribution in [0, 0.1) is 6.92 Å². The van der Waals surface area contributed by atoms with Crippen LogP contribution in [0.25, 0.3) is 11.4 Å². The van der Waals surface area contributed by atoms with E-state index in [0.29, 0.717) is 16.5 Å². The highest BCUT2D eigenvalue weighted by Gasteiger charge is 2.18. The quantitative estimate of drug-likeness (QED) is 0.442. The van der Waals surface area contributed by atoms with E-state index in [2.05, 4.69) is 32.8 Å². The number of benzene rings is 1. The fourth-order valence-electron chi connectivity index (χ4n) is 1.94. The summed E-state index contributed by atoms with van der Waals surface area (Å²) >= 11 is 4.88. The largest absolute Gasteiger partial charge is 0.478 e. The van der Waals surface area contributed by atoms with E-state index in [1.54, 1.807) is 6.92 Å². The number of carboxylic acid groups (broad SMARTS) is 1. The van der Waals surface area contributed by atoms with E-state index in [1.807, 2.05) is 24.3 Å². The van der Waals surface area contributed by atoms with Gasteiger partial charge < -0.3 is 5.11 Å². The van der Waals surface area contributed by atoms with Gasteiger partial charge in [-0.3, -0.25) is 0 Å². The molecule has 2 aromatic rings. The summed E-state index contributed by atoms with van der Waals surface area (Å²) in [6, 6.07) is 7.67. The van der Waals surface area contributed by atoms with Crippen LogP contribution in [-0.4, -0.2) is 26.8 Å². The molecule has 22 heavy (non-hydrogen) atoms. The molecule has 0 radical (unpaired) electrons. The SMILES string of the molecule is CCCCSc1nc(-c2ccc(Br)cc2)nc(C)c1C(=O)O. The van der Waals surface area contributed by atoms with E-state index in [0.717, 1.165) is 28.6 Å². The van der Waals surface area contributed by atoms with Gasteiger partial charge in [0.05, 0.1) is 5.69 Å². The summed E-state index contributed by atoms with van der Waals surface area (Å²) in [5.74, 6) is 0.445. The van der Waals surface area contributed by atoms with Crippen molar-refractivity contribution < 1.29 is 9.90 Å². The van der Waals surface area contributed by atoms with Crippen molar-refractivity contribution >= 4 is 33.7 Å². The van der Waals surface area contributed by atoms with E-state index in [-0.39, 0.29) is 5.56 Å². The number of carboxylic acids is 1. The van der Waals surface area contributed by atoms with Crippen molar-refractivity contribution in [3.05, 3.63) is 40.0 Å². The summed E-state index contributed by atoms with van der Waals surface area (Å²) < 4.78 is 0.979. The first kappa shape index (κ1) is 17.0. The Kier molecular flexibility index (Phi) is 5.97.